The SMILES string of the molecule is CC(C)OC(=O)C1=C(C(=O)OC(C)C)C2(c3ccccc3-c3ccccc32)C2(c3ccccc3Cl)c3ccccc3CCN12. The first-order chi connectivity index (χ1) is 21.2. The maximum Gasteiger partial charge on any atom is 0.355 e. The maximum atomic E-state index is 14.8. The number of rotatable bonds is 5. The lowest BCUT2D eigenvalue weighted by atomic mass is 9.54. The zero-order chi connectivity index (χ0) is 30.8. The molecule has 0 radical (unpaired) electrons. The highest BCUT2D eigenvalue weighted by Gasteiger charge is 2.73. The number of nitrogens with zero attached hydrogens (tertiary/aromatic N) is 1. The average Bonchev–Trinajstić information content (AvgIpc) is 3.46. The van der Waals surface area contributed by atoms with E-state index in [0.29, 0.717) is 18.0 Å². The van der Waals surface area contributed by atoms with E-state index in [9.17, 15) is 9.59 Å². The topological polar surface area (TPSA) is 55.8 Å². The highest BCUT2D eigenvalue weighted by molar-refractivity contribution is 6.31. The van der Waals surface area contributed by atoms with Gasteiger partial charge in [0.15, 0.2) is 0 Å². The summed E-state index contributed by atoms with van der Waals surface area (Å²) in [5, 5.41) is 0.547. The van der Waals surface area contributed by atoms with E-state index in [0.717, 1.165) is 38.9 Å². The van der Waals surface area contributed by atoms with E-state index in [1.165, 1.54) is 0 Å². The number of carbonyl (C=O) groups excluding carboxylic acids is 2. The zero-order valence-electron chi connectivity index (χ0n) is 25.3. The first kappa shape index (κ1) is 28.4. The van der Waals surface area contributed by atoms with Gasteiger partial charge in [0, 0.05) is 17.1 Å². The molecule has 3 aliphatic rings. The molecule has 2 heterocycles. The molecular weight excluding hydrogens is 570 g/mol. The summed E-state index contributed by atoms with van der Waals surface area (Å²) < 4.78 is 12.0. The van der Waals surface area contributed by atoms with E-state index in [1.807, 2.05) is 88.4 Å². The molecule has 0 amide bonds. The predicted molar refractivity (Wildman–Crippen MR) is 171 cm³/mol. The van der Waals surface area contributed by atoms with Gasteiger partial charge in [-0.1, -0.05) is 103 Å². The van der Waals surface area contributed by atoms with Crippen LogP contribution in [0.1, 0.15) is 55.5 Å². The molecule has 0 bridgehead atoms. The molecular formula is C38H34ClNO4. The van der Waals surface area contributed by atoms with Crippen LogP contribution in [-0.4, -0.2) is 35.6 Å². The van der Waals surface area contributed by atoms with Crippen LogP contribution in [0.2, 0.25) is 5.02 Å². The number of fused-ring (bicyclic) bond motifs is 9. The lowest BCUT2D eigenvalue weighted by Crippen LogP contribution is -2.59. The lowest BCUT2D eigenvalue weighted by molar-refractivity contribution is -0.147. The molecule has 222 valence electrons. The van der Waals surface area contributed by atoms with Crippen LogP contribution in [0, 0.1) is 0 Å². The van der Waals surface area contributed by atoms with Crippen molar-refractivity contribution in [2.24, 2.45) is 0 Å². The molecule has 4 aromatic rings. The van der Waals surface area contributed by atoms with E-state index in [2.05, 4.69) is 41.3 Å². The number of ether oxygens (including phenoxy) is 2. The molecule has 0 saturated heterocycles. The molecule has 0 fully saturated rings. The first-order valence-corrected chi connectivity index (χ1v) is 15.6. The normalized spacial score (nSPS) is 19.1. The van der Waals surface area contributed by atoms with Crippen molar-refractivity contribution in [3.05, 3.63) is 141 Å². The van der Waals surface area contributed by atoms with E-state index in [-0.39, 0.29) is 11.3 Å². The van der Waals surface area contributed by atoms with Gasteiger partial charge in [-0.25, -0.2) is 9.59 Å². The smallest absolute Gasteiger partial charge is 0.355 e. The third-order valence-electron chi connectivity index (χ3n) is 9.14. The minimum Gasteiger partial charge on any atom is -0.460 e. The second-order valence-corrected chi connectivity index (χ2v) is 12.6. The van der Waals surface area contributed by atoms with E-state index < -0.39 is 35.1 Å². The van der Waals surface area contributed by atoms with Crippen molar-refractivity contribution >= 4 is 23.5 Å². The third kappa shape index (κ3) is 3.65. The number of hydrogen-bond acceptors (Lipinski definition) is 5. The Labute approximate surface area is 263 Å². The molecule has 4 aromatic carbocycles. The highest BCUT2D eigenvalue weighted by atomic mass is 35.5. The van der Waals surface area contributed by atoms with Crippen molar-refractivity contribution in [1.29, 1.82) is 0 Å². The Morgan fingerprint density at radius 1 is 0.682 bits per heavy atom. The average molecular weight is 604 g/mol. The van der Waals surface area contributed by atoms with Gasteiger partial charge in [-0.2, -0.15) is 0 Å². The summed E-state index contributed by atoms with van der Waals surface area (Å²) in [5.74, 6) is -1.09. The molecule has 2 aliphatic heterocycles. The van der Waals surface area contributed by atoms with E-state index in [4.69, 9.17) is 21.1 Å². The summed E-state index contributed by atoms with van der Waals surface area (Å²) >= 11 is 7.25. The molecule has 0 aromatic heterocycles. The second-order valence-electron chi connectivity index (χ2n) is 12.2. The third-order valence-corrected chi connectivity index (χ3v) is 9.47. The summed E-state index contributed by atoms with van der Waals surface area (Å²) in [6, 6.07) is 32.5. The summed E-state index contributed by atoms with van der Waals surface area (Å²) in [4.78, 5) is 31.4. The Morgan fingerprint density at radius 3 is 1.77 bits per heavy atom. The Hall–Kier alpha value is -4.35. The summed E-state index contributed by atoms with van der Waals surface area (Å²) in [6.45, 7) is 7.77. The Morgan fingerprint density at radius 2 is 1.18 bits per heavy atom. The van der Waals surface area contributed by atoms with Gasteiger partial charge < -0.3 is 14.4 Å². The van der Waals surface area contributed by atoms with Crippen molar-refractivity contribution < 1.29 is 19.1 Å². The van der Waals surface area contributed by atoms with Gasteiger partial charge in [-0.15, -0.1) is 0 Å². The first-order valence-electron chi connectivity index (χ1n) is 15.2. The molecule has 1 spiro atoms. The fourth-order valence-corrected chi connectivity index (χ4v) is 8.23. The van der Waals surface area contributed by atoms with Gasteiger partial charge >= 0.3 is 11.9 Å². The number of halogens is 1. The number of carbonyl (C=O) groups is 2. The summed E-state index contributed by atoms with van der Waals surface area (Å²) in [6.07, 6.45) is -0.140. The van der Waals surface area contributed by atoms with Crippen molar-refractivity contribution in [2.45, 2.75) is 57.3 Å². The van der Waals surface area contributed by atoms with Crippen LogP contribution in [0.4, 0.5) is 0 Å². The molecule has 44 heavy (non-hydrogen) atoms. The van der Waals surface area contributed by atoms with Crippen molar-refractivity contribution in [2.75, 3.05) is 6.54 Å². The predicted octanol–water partition coefficient (Wildman–Crippen LogP) is 7.58. The van der Waals surface area contributed by atoms with Crippen LogP contribution >= 0.6 is 11.6 Å². The van der Waals surface area contributed by atoms with Crippen LogP contribution in [0.3, 0.4) is 0 Å². The number of esters is 2. The quantitative estimate of drug-likeness (QED) is 0.220. The lowest BCUT2D eigenvalue weighted by Gasteiger charge is -2.54. The molecule has 5 nitrogen and oxygen atoms in total. The monoisotopic (exact) mass is 603 g/mol. The molecule has 1 aliphatic carbocycles. The van der Waals surface area contributed by atoms with Gasteiger partial charge in [0.1, 0.15) is 11.2 Å². The number of hydrogen-bond donors (Lipinski definition) is 0. The zero-order valence-corrected chi connectivity index (χ0v) is 26.0. The maximum absolute atomic E-state index is 14.8. The summed E-state index contributed by atoms with van der Waals surface area (Å²) in [5.41, 5.74) is 4.97. The fourth-order valence-electron chi connectivity index (χ4n) is 7.96. The van der Waals surface area contributed by atoms with E-state index >= 15 is 0 Å². The fraction of sp³-hybridized carbons (Fsp3) is 0.263. The van der Waals surface area contributed by atoms with Crippen molar-refractivity contribution in [1.82, 2.24) is 4.90 Å². The van der Waals surface area contributed by atoms with Crippen LogP contribution < -0.4 is 0 Å². The molecule has 7 rings (SSSR count). The molecule has 0 N–H and O–H groups in total. The highest BCUT2D eigenvalue weighted by Crippen LogP contribution is 2.70. The Kier molecular flexibility index (Phi) is 6.71. The molecule has 0 saturated carbocycles. The summed E-state index contributed by atoms with van der Waals surface area (Å²) in [7, 11) is 0. The standard InChI is InChI=1S/C38H34ClNO4/c1-23(2)43-35(41)33-34(36(42)44-24(3)4)40-22-21-25-13-5-8-16-28(25)38(40,31-19-11-12-20-32(31)39)37(33)29-17-9-6-14-26(29)27-15-7-10-18-30(27)37/h5-20,23-24H,21-22H2,1-4H3. The van der Waals surface area contributed by atoms with Crippen LogP contribution in [0.15, 0.2) is 108 Å². The van der Waals surface area contributed by atoms with Crippen molar-refractivity contribution in [3.8, 4) is 11.1 Å². The Balaban J connectivity index is 1.76. The van der Waals surface area contributed by atoms with Gasteiger partial charge in [-0.05, 0) is 73.6 Å². The van der Waals surface area contributed by atoms with Gasteiger partial charge in [0.2, 0.25) is 0 Å². The molecule has 6 heteroatoms. The van der Waals surface area contributed by atoms with Gasteiger partial charge in [0.05, 0.1) is 23.2 Å². The minimum atomic E-state index is -1.21. The molecule has 1 atom stereocenters. The van der Waals surface area contributed by atoms with Crippen LogP contribution in [0.25, 0.3) is 11.1 Å². The number of benzene rings is 4. The Bertz CT molecular complexity index is 1810. The second kappa shape index (κ2) is 10.4. The molecule has 1 unspecified atom stereocenters. The van der Waals surface area contributed by atoms with Crippen LogP contribution in [0.5, 0.6) is 0 Å². The van der Waals surface area contributed by atoms with Crippen molar-refractivity contribution in [3.63, 3.8) is 0 Å². The minimum absolute atomic E-state index is 0.227. The van der Waals surface area contributed by atoms with Crippen LogP contribution in [-0.2, 0) is 36.4 Å². The van der Waals surface area contributed by atoms with Gasteiger partial charge in [-0.3, -0.25) is 0 Å². The largest absolute Gasteiger partial charge is 0.460 e. The van der Waals surface area contributed by atoms with Gasteiger partial charge in [0.25, 0.3) is 0 Å². The van der Waals surface area contributed by atoms with E-state index in [1.54, 1.807) is 0 Å².